The Bertz CT molecular complexity index is 1120. The molecule has 0 fully saturated rings. The second kappa shape index (κ2) is 8.16. The van der Waals surface area contributed by atoms with Gasteiger partial charge in [0.15, 0.2) is 0 Å². The van der Waals surface area contributed by atoms with Gasteiger partial charge in [-0.3, -0.25) is 9.59 Å². The predicted molar refractivity (Wildman–Crippen MR) is 121 cm³/mol. The molecule has 2 heterocycles. The molecule has 152 valence electrons. The zero-order chi connectivity index (χ0) is 21.3. The van der Waals surface area contributed by atoms with Crippen molar-refractivity contribution in [1.82, 2.24) is 0 Å². The summed E-state index contributed by atoms with van der Waals surface area (Å²) < 4.78 is 5.67. The minimum atomic E-state index is -0.371. The number of amides is 2. The van der Waals surface area contributed by atoms with E-state index in [-0.39, 0.29) is 17.9 Å². The lowest BCUT2D eigenvalue weighted by Crippen LogP contribution is -2.32. The van der Waals surface area contributed by atoms with Gasteiger partial charge >= 0.3 is 0 Å². The number of hydrogen-bond donors (Lipinski definition) is 1. The molecule has 1 N–H and O–H groups in total. The van der Waals surface area contributed by atoms with E-state index in [4.69, 9.17) is 4.74 Å². The summed E-state index contributed by atoms with van der Waals surface area (Å²) in [6, 6.07) is 18.4. The molecule has 0 spiro atoms. The second-order valence-corrected chi connectivity index (χ2v) is 8.22. The SMILES string of the molecule is Cc1ccccc1NC1=C(c2cccs2)C(=O)N(c2ccc(OC(C)C)cc2)C1=O. The van der Waals surface area contributed by atoms with Crippen LogP contribution in [0, 0.1) is 6.92 Å². The van der Waals surface area contributed by atoms with Crippen LogP contribution < -0.4 is 15.0 Å². The molecule has 3 aromatic rings. The van der Waals surface area contributed by atoms with Crippen molar-refractivity contribution in [2.45, 2.75) is 26.9 Å². The summed E-state index contributed by atoms with van der Waals surface area (Å²) in [6.07, 6.45) is 0.0444. The lowest BCUT2D eigenvalue weighted by atomic mass is 10.1. The quantitative estimate of drug-likeness (QED) is 0.556. The Hall–Kier alpha value is -3.38. The van der Waals surface area contributed by atoms with E-state index in [1.54, 1.807) is 24.3 Å². The molecule has 0 saturated carbocycles. The molecule has 30 heavy (non-hydrogen) atoms. The molecule has 0 atom stereocenters. The van der Waals surface area contributed by atoms with E-state index in [1.807, 2.05) is 62.5 Å². The van der Waals surface area contributed by atoms with E-state index in [2.05, 4.69) is 5.32 Å². The Kier molecular flexibility index (Phi) is 5.42. The van der Waals surface area contributed by atoms with Crippen molar-refractivity contribution in [2.75, 3.05) is 10.2 Å². The van der Waals surface area contributed by atoms with Crippen molar-refractivity contribution >= 4 is 40.1 Å². The summed E-state index contributed by atoms with van der Waals surface area (Å²) in [5.41, 5.74) is 2.98. The van der Waals surface area contributed by atoms with Crippen LogP contribution in [-0.4, -0.2) is 17.9 Å². The maximum atomic E-state index is 13.4. The highest BCUT2D eigenvalue weighted by atomic mass is 32.1. The number of imide groups is 1. The third kappa shape index (κ3) is 3.74. The Labute approximate surface area is 179 Å². The molecule has 4 rings (SSSR count). The summed E-state index contributed by atoms with van der Waals surface area (Å²) in [4.78, 5) is 28.7. The molecule has 0 saturated heterocycles. The number of nitrogens with zero attached hydrogens (tertiary/aromatic N) is 1. The number of benzene rings is 2. The van der Waals surface area contributed by atoms with Crippen molar-refractivity contribution in [3.05, 3.63) is 82.2 Å². The first-order valence-electron chi connectivity index (χ1n) is 9.72. The summed E-state index contributed by atoms with van der Waals surface area (Å²) in [5.74, 6) is -0.0159. The Balaban J connectivity index is 1.72. The number of ether oxygens (including phenoxy) is 1. The maximum absolute atomic E-state index is 13.4. The fourth-order valence-electron chi connectivity index (χ4n) is 3.32. The molecular formula is C24H22N2O3S. The van der Waals surface area contributed by atoms with Gasteiger partial charge in [-0.1, -0.05) is 24.3 Å². The van der Waals surface area contributed by atoms with Gasteiger partial charge in [0.1, 0.15) is 11.4 Å². The van der Waals surface area contributed by atoms with Crippen LogP contribution in [-0.2, 0) is 9.59 Å². The number of aryl methyl sites for hydroxylation is 1. The molecule has 6 heteroatoms. The van der Waals surface area contributed by atoms with E-state index in [0.717, 1.165) is 16.1 Å². The van der Waals surface area contributed by atoms with Gasteiger partial charge in [0.25, 0.3) is 11.8 Å². The fraction of sp³-hybridized carbons (Fsp3) is 0.167. The molecule has 0 bridgehead atoms. The first-order valence-corrected chi connectivity index (χ1v) is 10.6. The predicted octanol–water partition coefficient (Wildman–Crippen LogP) is 5.24. The number of anilines is 2. The van der Waals surface area contributed by atoms with Crippen molar-refractivity contribution in [1.29, 1.82) is 0 Å². The molecule has 1 aliphatic heterocycles. The number of rotatable bonds is 6. The van der Waals surface area contributed by atoms with Crippen LogP contribution in [0.5, 0.6) is 5.75 Å². The topological polar surface area (TPSA) is 58.6 Å². The van der Waals surface area contributed by atoms with Crippen molar-refractivity contribution in [2.24, 2.45) is 0 Å². The van der Waals surface area contributed by atoms with Gasteiger partial charge in [-0.25, -0.2) is 4.90 Å². The van der Waals surface area contributed by atoms with Crippen LogP contribution in [0.2, 0.25) is 0 Å². The van der Waals surface area contributed by atoms with E-state index < -0.39 is 0 Å². The van der Waals surface area contributed by atoms with Crippen molar-refractivity contribution in [3.63, 3.8) is 0 Å². The average molecular weight is 419 g/mol. The average Bonchev–Trinajstić information content (AvgIpc) is 3.31. The number of thiophene rings is 1. The lowest BCUT2D eigenvalue weighted by molar-refractivity contribution is -0.120. The molecule has 1 aromatic heterocycles. The van der Waals surface area contributed by atoms with E-state index >= 15 is 0 Å². The zero-order valence-corrected chi connectivity index (χ0v) is 17.8. The van der Waals surface area contributed by atoms with Gasteiger partial charge in [0.2, 0.25) is 0 Å². The molecule has 0 unspecified atom stereocenters. The summed E-state index contributed by atoms with van der Waals surface area (Å²) in [7, 11) is 0. The molecule has 2 aromatic carbocycles. The van der Waals surface area contributed by atoms with E-state index in [9.17, 15) is 9.59 Å². The minimum Gasteiger partial charge on any atom is -0.491 e. The molecule has 5 nitrogen and oxygen atoms in total. The molecule has 0 aliphatic carbocycles. The largest absolute Gasteiger partial charge is 0.491 e. The Morgan fingerprint density at radius 2 is 1.67 bits per heavy atom. The Morgan fingerprint density at radius 1 is 0.933 bits per heavy atom. The summed E-state index contributed by atoms with van der Waals surface area (Å²) in [5, 5.41) is 5.11. The van der Waals surface area contributed by atoms with Gasteiger partial charge in [-0.05, 0) is 68.1 Å². The number of para-hydroxylation sites is 1. The number of carbonyl (C=O) groups is 2. The highest BCUT2D eigenvalue weighted by molar-refractivity contribution is 7.11. The molecule has 1 aliphatic rings. The van der Waals surface area contributed by atoms with E-state index in [1.165, 1.54) is 16.2 Å². The number of hydrogen-bond acceptors (Lipinski definition) is 5. The first-order chi connectivity index (χ1) is 14.5. The second-order valence-electron chi connectivity index (χ2n) is 7.27. The molecule has 2 amide bonds. The van der Waals surface area contributed by atoms with Gasteiger partial charge in [-0.15, -0.1) is 11.3 Å². The highest BCUT2D eigenvalue weighted by Crippen LogP contribution is 2.36. The highest BCUT2D eigenvalue weighted by Gasteiger charge is 2.40. The van der Waals surface area contributed by atoms with Gasteiger partial charge in [0, 0.05) is 10.6 Å². The zero-order valence-electron chi connectivity index (χ0n) is 17.0. The normalized spacial score (nSPS) is 14.1. The number of nitrogens with one attached hydrogen (secondary N) is 1. The molecular weight excluding hydrogens is 396 g/mol. The minimum absolute atomic E-state index is 0.0444. The van der Waals surface area contributed by atoms with Crippen LogP contribution in [0.25, 0.3) is 5.57 Å². The van der Waals surface area contributed by atoms with Gasteiger partial charge in [0.05, 0.1) is 17.4 Å². The smallest absolute Gasteiger partial charge is 0.282 e. The maximum Gasteiger partial charge on any atom is 0.282 e. The summed E-state index contributed by atoms with van der Waals surface area (Å²) >= 11 is 1.43. The lowest BCUT2D eigenvalue weighted by Gasteiger charge is -2.17. The molecule has 0 radical (unpaired) electrons. The van der Waals surface area contributed by atoms with Gasteiger partial charge in [-0.2, -0.15) is 0 Å². The van der Waals surface area contributed by atoms with Crippen LogP contribution in [0.3, 0.4) is 0 Å². The number of carbonyl (C=O) groups excluding carboxylic acids is 2. The first kappa shape index (κ1) is 19.9. The third-order valence-corrected chi connectivity index (χ3v) is 5.61. The van der Waals surface area contributed by atoms with Crippen LogP contribution in [0.15, 0.2) is 71.7 Å². The van der Waals surface area contributed by atoms with Crippen LogP contribution >= 0.6 is 11.3 Å². The Morgan fingerprint density at radius 3 is 2.30 bits per heavy atom. The van der Waals surface area contributed by atoms with Gasteiger partial charge < -0.3 is 10.1 Å². The fourth-order valence-corrected chi connectivity index (χ4v) is 4.09. The van der Waals surface area contributed by atoms with Crippen LogP contribution in [0.4, 0.5) is 11.4 Å². The summed E-state index contributed by atoms with van der Waals surface area (Å²) in [6.45, 7) is 5.85. The van der Waals surface area contributed by atoms with Crippen molar-refractivity contribution in [3.8, 4) is 5.75 Å². The third-order valence-electron chi connectivity index (χ3n) is 4.72. The van der Waals surface area contributed by atoms with Crippen LogP contribution in [0.1, 0.15) is 24.3 Å². The standard InChI is InChI=1S/C24H22N2O3S/c1-15(2)29-18-12-10-17(11-13-18)26-23(27)21(20-9-6-14-30-20)22(24(26)28)25-19-8-5-4-7-16(19)3/h4-15,25H,1-3H3. The van der Waals surface area contributed by atoms with Crippen molar-refractivity contribution < 1.29 is 14.3 Å². The van der Waals surface area contributed by atoms with E-state index in [0.29, 0.717) is 22.7 Å². The monoisotopic (exact) mass is 418 g/mol.